The summed E-state index contributed by atoms with van der Waals surface area (Å²) in [4.78, 5) is 25.3. The molecule has 0 aromatic heterocycles. The third-order valence-electron chi connectivity index (χ3n) is 2.99. The van der Waals surface area contributed by atoms with Crippen molar-refractivity contribution in [3.05, 3.63) is 29.3 Å². The molecule has 0 spiro atoms. The van der Waals surface area contributed by atoms with Gasteiger partial charge in [0, 0.05) is 31.8 Å². The predicted octanol–water partition coefficient (Wildman–Crippen LogP) is 2.06. The largest absolute Gasteiger partial charge is 0.345 e. The molecule has 1 rings (SSSR count). The first-order valence-corrected chi connectivity index (χ1v) is 6.72. The normalized spacial score (nSPS) is 9.71. The molecule has 0 radical (unpaired) electrons. The molecule has 0 saturated carbocycles. The van der Waals surface area contributed by atoms with Crippen molar-refractivity contribution in [1.29, 1.82) is 0 Å². The van der Waals surface area contributed by atoms with Crippen LogP contribution in [0.25, 0.3) is 0 Å². The van der Waals surface area contributed by atoms with E-state index in [1.54, 1.807) is 20.2 Å². The van der Waals surface area contributed by atoms with Crippen LogP contribution < -0.4 is 10.6 Å². The number of hydrogen-bond acceptors (Lipinski definition) is 3. The molecule has 2 amide bonds. The molecule has 1 aromatic rings. The lowest BCUT2D eigenvalue weighted by molar-refractivity contribution is -0.116. The summed E-state index contributed by atoms with van der Waals surface area (Å²) in [6.45, 7) is 2.70. The van der Waals surface area contributed by atoms with Gasteiger partial charge in [0.05, 0.1) is 0 Å². The van der Waals surface area contributed by atoms with Crippen molar-refractivity contribution in [2.75, 3.05) is 33.0 Å². The van der Waals surface area contributed by atoms with Crippen LogP contribution >= 0.6 is 12.4 Å². The Bertz CT molecular complexity index is 490. The average Bonchev–Trinajstić information content (AvgIpc) is 2.40. The fourth-order valence-corrected chi connectivity index (χ4v) is 1.82. The minimum Gasteiger partial charge on any atom is -0.345 e. The van der Waals surface area contributed by atoms with E-state index in [4.69, 9.17) is 0 Å². The predicted molar refractivity (Wildman–Crippen MR) is 88.2 cm³/mol. The average molecular weight is 314 g/mol. The first-order chi connectivity index (χ1) is 9.45. The maximum absolute atomic E-state index is 12.0. The molecule has 0 heterocycles. The molecule has 0 unspecified atom stereocenters. The first-order valence-electron chi connectivity index (χ1n) is 6.72. The van der Waals surface area contributed by atoms with Crippen LogP contribution in [0.2, 0.25) is 0 Å². The van der Waals surface area contributed by atoms with Gasteiger partial charge in [-0.2, -0.15) is 0 Å². The number of halogens is 1. The van der Waals surface area contributed by atoms with Crippen molar-refractivity contribution < 1.29 is 9.59 Å². The molecule has 0 bridgehead atoms. The monoisotopic (exact) mass is 313 g/mol. The Kier molecular flexibility index (Phi) is 8.66. The van der Waals surface area contributed by atoms with Crippen molar-refractivity contribution >= 4 is 29.9 Å². The molecule has 1 aromatic carbocycles. The SMILES string of the molecule is CNCCCC(=O)Nc1ccc(C)c(C(=O)N(C)C)c1.Cl. The van der Waals surface area contributed by atoms with E-state index in [-0.39, 0.29) is 24.2 Å². The van der Waals surface area contributed by atoms with Crippen molar-refractivity contribution in [3.63, 3.8) is 0 Å². The van der Waals surface area contributed by atoms with E-state index in [0.717, 1.165) is 18.5 Å². The molecule has 6 heteroatoms. The molecule has 5 nitrogen and oxygen atoms in total. The van der Waals surface area contributed by atoms with Gasteiger partial charge < -0.3 is 15.5 Å². The molecule has 0 atom stereocenters. The van der Waals surface area contributed by atoms with Gasteiger partial charge >= 0.3 is 0 Å². The van der Waals surface area contributed by atoms with E-state index in [2.05, 4.69) is 10.6 Å². The minimum atomic E-state index is -0.0613. The fraction of sp³-hybridized carbons (Fsp3) is 0.467. The maximum atomic E-state index is 12.0. The van der Waals surface area contributed by atoms with Crippen LogP contribution in [-0.4, -0.2) is 44.4 Å². The van der Waals surface area contributed by atoms with Crippen LogP contribution in [0, 0.1) is 6.92 Å². The topological polar surface area (TPSA) is 61.4 Å². The third-order valence-corrected chi connectivity index (χ3v) is 2.99. The number of rotatable bonds is 6. The lowest BCUT2D eigenvalue weighted by atomic mass is 10.1. The highest BCUT2D eigenvalue weighted by molar-refractivity contribution is 5.98. The highest BCUT2D eigenvalue weighted by Crippen LogP contribution is 2.17. The van der Waals surface area contributed by atoms with E-state index < -0.39 is 0 Å². The van der Waals surface area contributed by atoms with E-state index in [1.807, 2.05) is 26.1 Å². The summed E-state index contributed by atoms with van der Waals surface area (Å²) < 4.78 is 0. The lowest BCUT2D eigenvalue weighted by Gasteiger charge is -2.14. The fourth-order valence-electron chi connectivity index (χ4n) is 1.82. The quantitative estimate of drug-likeness (QED) is 0.790. The Morgan fingerprint density at radius 1 is 1.24 bits per heavy atom. The molecular weight excluding hydrogens is 290 g/mol. The molecule has 0 aliphatic rings. The highest BCUT2D eigenvalue weighted by atomic mass is 35.5. The van der Waals surface area contributed by atoms with Crippen LogP contribution in [0.15, 0.2) is 18.2 Å². The van der Waals surface area contributed by atoms with Crippen LogP contribution in [-0.2, 0) is 4.79 Å². The Balaban J connectivity index is 0.00000400. The zero-order valence-electron chi connectivity index (χ0n) is 13.0. The molecule has 0 aliphatic carbocycles. The molecule has 118 valence electrons. The molecule has 2 N–H and O–H groups in total. The summed E-state index contributed by atoms with van der Waals surface area (Å²) in [6, 6.07) is 5.39. The summed E-state index contributed by atoms with van der Waals surface area (Å²) >= 11 is 0. The van der Waals surface area contributed by atoms with Gasteiger partial charge in [-0.15, -0.1) is 12.4 Å². The van der Waals surface area contributed by atoms with E-state index in [1.165, 1.54) is 4.90 Å². The van der Waals surface area contributed by atoms with Crippen molar-refractivity contribution in [1.82, 2.24) is 10.2 Å². The Labute approximate surface area is 132 Å². The number of nitrogens with one attached hydrogen (secondary N) is 2. The second-order valence-electron chi connectivity index (χ2n) is 4.98. The summed E-state index contributed by atoms with van der Waals surface area (Å²) in [5.74, 6) is -0.0962. The van der Waals surface area contributed by atoms with Gasteiger partial charge in [0.25, 0.3) is 5.91 Å². The number of aryl methyl sites for hydroxylation is 1. The summed E-state index contributed by atoms with van der Waals surface area (Å²) in [6.07, 6.45) is 1.25. The molecular formula is C15H24ClN3O2. The van der Waals surface area contributed by atoms with Gasteiger partial charge in [-0.3, -0.25) is 9.59 Å². The van der Waals surface area contributed by atoms with Gasteiger partial charge in [0.2, 0.25) is 5.91 Å². The van der Waals surface area contributed by atoms with Crippen molar-refractivity contribution in [2.24, 2.45) is 0 Å². The smallest absolute Gasteiger partial charge is 0.253 e. The van der Waals surface area contributed by atoms with Crippen LogP contribution in [0.3, 0.4) is 0 Å². The molecule has 0 fully saturated rings. The number of anilines is 1. The second kappa shape index (κ2) is 9.37. The second-order valence-corrected chi connectivity index (χ2v) is 4.98. The molecule has 0 saturated heterocycles. The zero-order valence-corrected chi connectivity index (χ0v) is 13.8. The van der Waals surface area contributed by atoms with Crippen LogP contribution in [0.1, 0.15) is 28.8 Å². The Hall–Kier alpha value is -1.59. The number of nitrogens with zero attached hydrogens (tertiary/aromatic N) is 1. The number of amides is 2. The summed E-state index contributed by atoms with van der Waals surface area (Å²) in [5.41, 5.74) is 2.18. The maximum Gasteiger partial charge on any atom is 0.253 e. The van der Waals surface area contributed by atoms with E-state index in [0.29, 0.717) is 17.7 Å². The van der Waals surface area contributed by atoms with Gasteiger partial charge in [-0.1, -0.05) is 6.07 Å². The molecule has 21 heavy (non-hydrogen) atoms. The summed E-state index contributed by atoms with van der Waals surface area (Å²) in [7, 11) is 5.28. The van der Waals surface area contributed by atoms with Gasteiger partial charge in [-0.05, 0) is 44.6 Å². The van der Waals surface area contributed by atoms with E-state index >= 15 is 0 Å². The number of hydrogen-bond donors (Lipinski definition) is 2. The first kappa shape index (κ1) is 19.4. The Morgan fingerprint density at radius 3 is 2.48 bits per heavy atom. The zero-order chi connectivity index (χ0) is 15.1. The third kappa shape index (κ3) is 6.14. The molecule has 0 aliphatic heterocycles. The Morgan fingerprint density at radius 2 is 1.90 bits per heavy atom. The standard InChI is InChI=1S/C15H23N3O2.ClH/c1-11-7-8-12(10-13(11)15(20)18(3)4)17-14(19)6-5-9-16-2;/h7-8,10,16H,5-6,9H2,1-4H3,(H,17,19);1H. The highest BCUT2D eigenvalue weighted by Gasteiger charge is 2.12. The number of carbonyl (C=O) groups excluding carboxylic acids is 2. The minimum absolute atomic E-state index is 0. The van der Waals surface area contributed by atoms with Crippen molar-refractivity contribution in [3.8, 4) is 0 Å². The summed E-state index contributed by atoms with van der Waals surface area (Å²) in [5, 5.41) is 5.83. The lowest BCUT2D eigenvalue weighted by Crippen LogP contribution is -2.23. The van der Waals surface area contributed by atoms with Gasteiger partial charge in [0.15, 0.2) is 0 Å². The van der Waals surface area contributed by atoms with Gasteiger partial charge in [-0.25, -0.2) is 0 Å². The van der Waals surface area contributed by atoms with E-state index in [9.17, 15) is 9.59 Å². The van der Waals surface area contributed by atoms with Crippen LogP contribution in [0.5, 0.6) is 0 Å². The van der Waals surface area contributed by atoms with Crippen LogP contribution in [0.4, 0.5) is 5.69 Å². The number of carbonyl (C=O) groups is 2. The van der Waals surface area contributed by atoms with Crippen molar-refractivity contribution in [2.45, 2.75) is 19.8 Å². The number of benzene rings is 1. The van der Waals surface area contributed by atoms with Gasteiger partial charge in [0.1, 0.15) is 0 Å².